The Morgan fingerprint density at radius 3 is 1.11 bits per heavy atom. The van der Waals surface area contributed by atoms with Crippen LogP contribution in [0.3, 0.4) is 0 Å². The van der Waals surface area contributed by atoms with E-state index < -0.39 is 47.9 Å². The van der Waals surface area contributed by atoms with Gasteiger partial charge in [0.15, 0.2) is 0 Å². The number of aliphatic hydroxyl groups excluding tert-OH is 1. The van der Waals surface area contributed by atoms with Crippen molar-refractivity contribution >= 4 is 41.8 Å². The van der Waals surface area contributed by atoms with E-state index in [1.165, 1.54) is 55.5 Å². The molecule has 0 saturated heterocycles. The maximum absolute atomic E-state index is 11.9. The Labute approximate surface area is 215 Å². The molecule has 202 valence electrons. The third-order valence-electron chi connectivity index (χ3n) is 4.52. The van der Waals surface area contributed by atoms with Gasteiger partial charge in [-0.3, -0.25) is 9.59 Å². The summed E-state index contributed by atoms with van der Waals surface area (Å²) < 4.78 is 9.31. The number of unbranched alkanes of at least 4 members (excludes halogenated alkanes) is 1. The first-order valence-electron chi connectivity index (χ1n) is 10.9. The van der Waals surface area contributed by atoms with E-state index in [2.05, 4.69) is 9.47 Å². The average Bonchev–Trinajstić information content (AvgIpc) is 2.87. The van der Waals surface area contributed by atoms with Gasteiger partial charge in [-0.1, -0.05) is 0 Å². The summed E-state index contributed by atoms with van der Waals surface area (Å²) in [6.07, 6.45) is -1.15. The highest BCUT2D eigenvalue weighted by Gasteiger charge is 2.16. The molecule has 0 bridgehead atoms. The number of carbonyl (C=O) groups is 7. The van der Waals surface area contributed by atoms with Crippen LogP contribution in [0.2, 0.25) is 0 Å². The Bertz CT molecular complexity index is 1090. The van der Waals surface area contributed by atoms with Crippen molar-refractivity contribution in [1.82, 2.24) is 0 Å². The first-order chi connectivity index (χ1) is 17.8. The normalized spacial score (nSPS) is 10.7. The molecule has 0 radical (unpaired) electrons. The van der Waals surface area contributed by atoms with Crippen LogP contribution in [0.25, 0.3) is 0 Å². The van der Waals surface area contributed by atoms with Gasteiger partial charge in [-0.15, -0.1) is 0 Å². The second kappa shape index (κ2) is 15.3. The van der Waals surface area contributed by atoms with Crippen LogP contribution in [-0.4, -0.2) is 68.3 Å². The first kappa shape index (κ1) is 31.1. The molecule has 1 atom stereocenters. The topological polar surface area (TPSA) is 219 Å². The molecule has 2 aromatic carbocycles. The molecule has 0 spiro atoms. The number of hydrogen-bond acceptors (Lipinski definition) is 10. The van der Waals surface area contributed by atoms with Gasteiger partial charge in [0.2, 0.25) is 0 Å². The minimum absolute atomic E-state index is 0.0156. The van der Waals surface area contributed by atoms with E-state index in [0.29, 0.717) is 0 Å². The minimum atomic E-state index is -1.23. The summed E-state index contributed by atoms with van der Waals surface area (Å²) in [5, 5.41) is 33.4. The van der Waals surface area contributed by atoms with Gasteiger partial charge in [-0.2, -0.15) is 0 Å². The van der Waals surface area contributed by atoms with E-state index in [0.717, 1.165) is 0 Å². The van der Waals surface area contributed by atoms with Crippen molar-refractivity contribution in [1.29, 1.82) is 0 Å². The number of rotatable bonds is 10. The predicted molar refractivity (Wildman–Crippen MR) is 125 cm³/mol. The van der Waals surface area contributed by atoms with Gasteiger partial charge in [0.25, 0.3) is 0 Å². The lowest BCUT2D eigenvalue weighted by molar-refractivity contribution is -0.145. The molecule has 4 N–H and O–H groups in total. The lowest BCUT2D eigenvalue weighted by atomic mass is 10.1. The van der Waals surface area contributed by atoms with Gasteiger partial charge >= 0.3 is 41.8 Å². The van der Waals surface area contributed by atoms with E-state index >= 15 is 0 Å². The van der Waals surface area contributed by atoms with Crippen LogP contribution in [-0.2, 0) is 23.9 Å². The Kier molecular flexibility index (Phi) is 12.5. The number of carboxylic acid groups (broad SMARTS) is 3. The molecule has 0 aliphatic rings. The van der Waals surface area contributed by atoms with Crippen molar-refractivity contribution in [2.24, 2.45) is 0 Å². The SMILES string of the molecule is CC(O)C(=O)O.O=C(CCCCC(=O)OC(=O)c1ccc(C(=O)O)cc1)OC(=O)c1ccc(C(=O)O)cc1. The van der Waals surface area contributed by atoms with Crippen molar-refractivity contribution in [3.63, 3.8) is 0 Å². The lowest BCUT2D eigenvalue weighted by Crippen LogP contribution is -2.14. The second-order valence-corrected chi connectivity index (χ2v) is 7.51. The van der Waals surface area contributed by atoms with Gasteiger partial charge in [0, 0.05) is 12.8 Å². The number of aromatic carboxylic acids is 2. The Morgan fingerprint density at radius 1 is 0.605 bits per heavy atom. The summed E-state index contributed by atoms with van der Waals surface area (Å²) in [6, 6.07) is 9.71. The second-order valence-electron chi connectivity index (χ2n) is 7.51. The molecule has 13 nitrogen and oxygen atoms in total. The van der Waals surface area contributed by atoms with E-state index in [1.807, 2.05) is 0 Å². The maximum Gasteiger partial charge on any atom is 0.345 e. The molecule has 0 aliphatic carbocycles. The Balaban J connectivity index is 0.00000107. The standard InChI is InChI=1S/C22H18O10.C3H6O3/c23-17(31-21(29)15-9-5-13(6-10-15)19(25)26)3-1-2-4-18(24)32-22(30)16-11-7-14(8-12-16)20(27)28;1-2(4)3(5)6/h5-12H,1-4H2,(H,25,26)(H,27,28);2,4H,1H3,(H,5,6). The highest BCUT2D eigenvalue weighted by atomic mass is 16.6. The zero-order valence-electron chi connectivity index (χ0n) is 20.0. The number of aliphatic carboxylic acids is 1. The molecular weight excluding hydrogens is 508 g/mol. The Hall–Kier alpha value is -4.91. The fraction of sp³-hybridized carbons (Fsp3) is 0.240. The number of carboxylic acids is 3. The number of hydrogen-bond donors (Lipinski definition) is 4. The predicted octanol–water partition coefficient (Wildman–Crippen LogP) is 2.16. The van der Waals surface area contributed by atoms with Gasteiger partial charge in [-0.05, 0) is 68.3 Å². The number of benzene rings is 2. The van der Waals surface area contributed by atoms with Crippen LogP contribution in [0.15, 0.2) is 48.5 Å². The molecule has 2 aromatic rings. The molecule has 0 aromatic heterocycles. The summed E-state index contributed by atoms with van der Waals surface area (Å²) in [5.74, 6) is -6.98. The molecule has 0 amide bonds. The quantitative estimate of drug-likeness (QED) is 0.196. The zero-order valence-corrected chi connectivity index (χ0v) is 20.0. The first-order valence-corrected chi connectivity index (χ1v) is 10.9. The smallest absolute Gasteiger partial charge is 0.345 e. The molecule has 1 unspecified atom stereocenters. The third kappa shape index (κ3) is 11.2. The minimum Gasteiger partial charge on any atom is -0.479 e. The fourth-order valence-electron chi connectivity index (χ4n) is 2.46. The summed E-state index contributed by atoms with van der Waals surface area (Å²) >= 11 is 0. The highest BCUT2D eigenvalue weighted by molar-refractivity contribution is 5.98. The van der Waals surface area contributed by atoms with Crippen molar-refractivity contribution < 1.29 is 63.5 Å². The summed E-state index contributed by atoms with van der Waals surface area (Å²) in [6.45, 7) is 1.20. The van der Waals surface area contributed by atoms with Gasteiger partial charge in [-0.25, -0.2) is 24.0 Å². The largest absolute Gasteiger partial charge is 0.479 e. The van der Waals surface area contributed by atoms with Crippen molar-refractivity contribution in [2.45, 2.75) is 38.7 Å². The number of carbonyl (C=O) groups excluding carboxylic acids is 4. The molecular formula is C25H24O13. The van der Waals surface area contributed by atoms with E-state index in [9.17, 15) is 33.6 Å². The van der Waals surface area contributed by atoms with Gasteiger partial charge in [0.1, 0.15) is 6.10 Å². The molecule has 38 heavy (non-hydrogen) atoms. The molecule has 13 heteroatoms. The lowest BCUT2D eigenvalue weighted by Gasteiger charge is -2.05. The molecule has 2 rings (SSSR count). The van der Waals surface area contributed by atoms with Crippen LogP contribution in [0.5, 0.6) is 0 Å². The van der Waals surface area contributed by atoms with E-state index in [1.54, 1.807) is 0 Å². The summed E-state index contributed by atoms with van der Waals surface area (Å²) in [7, 11) is 0. The molecule has 0 fully saturated rings. The maximum atomic E-state index is 11.9. The molecule has 0 aliphatic heterocycles. The van der Waals surface area contributed by atoms with Crippen LogP contribution in [0, 0.1) is 0 Å². The van der Waals surface area contributed by atoms with Gasteiger partial charge < -0.3 is 29.9 Å². The van der Waals surface area contributed by atoms with Crippen LogP contribution < -0.4 is 0 Å². The van der Waals surface area contributed by atoms with Crippen LogP contribution >= 0.6 is 0 Å². The van der Waals surface area contributed by atoms with E-state index in [4.69, 9.17) is 20.4 Å². The van der Waals surface area contributed by atoms with Crippen LogP contribution in [0.1, 0.15) is 74.0 Å². The number of esters is 4. The van der Waals surface area contributed by atoms with Gasteiger partial charge in [0.05, 0.1) is 22.3 Å². The van der Waals surface area contributed by atoms with Crippen molar-refractivity contribution in [3.05, 3.63) is 70.8 Å². The average molecular weight is 532 g/mol. The third-order valence-corrected chi connectivity index (χ3v) is 4.52. The molecule has 0 saturated carbocycles. The number of ether oxygens (including phenoxy) is 2. The summed E-state index contributed by atoms with van der Waals surface area (Å²) in [5.41, 5.74) is -0.00491. The fourth-order valence-corrected chi connectivity index (χ4v) is 2.46. The van der Waals surface area contributed by atoms with Crippen molar-refractivity contribution in [3.8, 4) is 0 Å². The number of aliphatic hydroxyl groups is 1. The van der Waals surface area contributed by atoms with E-state index in [-0.39, 0.29) is 47.9 Å². The van der Waals surface area contributed by atoms with Crippen molar-refractivity contribution in [2.75, 3.05) is 0 Å². The summed E-state index contributed by atoms with van der Waals surface area (Å²) in [4.78, 5) is 78.2. The highest BCUT2D eigenvalue weighted by Crippen LogP contribution is 2.10. The Morgan fingerprint density at radius 2 is 0.868 bits per heavy atom. The molecule has 0 heterocycles. The van der Waals surface area contributed by atoms with Crippen LogP contribution in [0.4, 0.5) is 0 Å². The zero-order chi connectivity index (χ0) is 28.8. The monoisotopic (exact) mass is 532 g/mol.